The summed E-state index contributed by atoms with van der Waals surface area (Å²) in [5, 5.41) is 9.41. The second-order valence-corrected chi connectivity index (χ2v) is 6.77. The number of hydrogen-bond acceptors (Lipinski definition) is 3. The van der Waals surface area contributed by atoms with Gasteiger partial charge in [-0.25, -0.2) is 9.78 Å². The molecule has 0 saturated carbocycles. The highest BCUT2D eigenvalue weighted by Crippen LogP contribution is 2.23. The van der Waals surface area contributed by atoms with Gasteiger partial charge in [-0.15, -0.1) is 0 Å². The lowest BCUT2D eigenvalue weighted by Gasteiger charge is -2.13. The Kier molecular flexibility index (Phi) is 7.92. The largest absolute Gasteiger partial charge is 0.480 e. The van der Waals surface area contributed by atoms with E-state index in [2.05, 4.69) is 4.98 Å². The van der Waals surface area contributed by atoms with Crippen LogP contribution in [0.1, 0.15) is 70.2 Å². The number of nitrogens with zero attached hydrogens (tertiary/aromatic N) is 2. The number of unbranched alkanes of at least 4 members (excludes halogenated alkanes) is 7. The van der Waals surface area contributed by atoms with Crippen LogP contribution in [0.5, 0.6) is 0 Å². The van der Waals surface area contributed by atoms with E-state index in [1.165, 1.54) is 38.5 Å². The fraction of sp³-hybridized carbons (Fsp3) is 0.600. The fourth-order valence-electron chi connectivity index (χ4n) is 3.30. The summed E-state index contributed by atoms with van der Waals surface area (Å²) in [4.78, 5) is 16.1. The highest BCUT2D eigenvalue weighted by atomic mass is 16.4. The number of carboxylic acid groups (broad SMARTS) is 1. The smallest absolute Gasteiger partial charge is 0.326 e. The Labute approximate surface area is 150 Å². The first-order chi connectivity index (χ1) is 12.1. The van der Waals surface area contributed by atoms with E-state index in [-0.39, 0.29) is 0 Å². The van der Waals surface area contributed by atoms with E-state index in [0.29, 0.717) is 0 Å². The van der Waals surface area contributed by atoms with Crippen LogP contribution in [0.2, 0.25) is 0 Å². The molecule has 5 nitrogen and oxygen atoms in total. The molecule has 0 saturated heterocycles. The summed E-state index contributed by atoms with van der Waals surface area (Å²) in [5.41, 5.74) is 7.29. The number of carbonyl (C=O) groups is 1. The third-order valence-corrected chi connectivity index (χ3v) is 4.77. The molecule has 25 heavy (non-hydrogen) atoms. The number of hydrogen-bond donors (Lipinski definition) is 2. The van der Waals surface area contributed by atoms with Crippen LogP contribution in [-0.2, 0) is 11.2 Å². The Bertz CT molecular complexity index is 666. The minimum Gasteiger partial charge on any atom is -0.480 e. The van der Waals surface area contributed by atoms with Crippen LogP contribution in [-0.4, -0.2) is 27.2 Å². The first-order valence-corrected chi connectivity index (χ1v) is 9.54. The molecule has 0 bridgehead atoms. The molecule has 0 aliphatic heterocycles. The van der Waals surface area contributed by atoms with Gasteiger partial charge in [0, 0.05) is 6.42 Å². The van der Waals surface area contributed by atoms with Crippen molar-refractivity contribution in [2.75, 3.05) is 6.54 Å². The van der Waals surface area contributed by atoms with Crippen molar-refractivity contribution in [3.8, 4) is 0 Å². The Morgan fingerprint density at radius 1 is 1.08 bits per heavy atom. The number of benzene rings is 1. The van der Waals surface area contributed by atoms with E-state index in [4.69, 9.17) is 5.73 Å². The summed E-state index contributed by atoms with van der Waals surface area (Å²) in [5.74, 6) is 0.0703. The maximum atomic E-state index is 11.5. The molecular weight excluding hydrogens is 314 g/mol. The Morgan fingerprint density at radius 2 is 1.68 bits per heavy atom. The molecule has 1 heterocycles. The molecule has 0 aliphatic rings. The molecule has 0 aliphatic carbocycles. The zero-order chi connectivity index (χ0) is 18.1. The van der Waals surface area contributed by atoms with Gasteiger partial charge in [-0.2, -0.15) is 0 Å². The average Bonchev–Trinajstić information content (AvgIpc) is 2.97. The van der Waals surface area contributed by atoms with Crippen LogP contribution < -0.4 is 5.73 Å². The molecule has 138 valence electrons. The van der Waals surface area contributed by atoms with Gasteiger partial charge in [0.15, 0.2) is 0 Å². The lowest BCUT2D eigenvalue weighted by molar-refractivity contribution is -0.140. The standard InChI is InChI=1S/C20H31N3O2/c1-16(20(24)25)23-18-13-10-9-12-17(18)22-19(23)14-8-6-4-2-3-5-7-11-15-21/h9-10,12-13,16H,2-8,11,14-15,21H2,1H3,(H,24,25). The van der Waals surface area contributed by atoms with Crippen molar-refractivity contribution in [2.24, 2.45) is 5.73 Å². The molecular formula is C20H31N3O2. The van der Waals surface area contributed by atoms with Crippen LogP contribution >= 0.6 is 0 Å². The highest BCUT2D eigenvalue weighted by Gasteiger charge is 2.20. The molecule has 0 spiro atoms. The van der Waals surface area contributed by atoms with Gasteiger partial charge in [0.1, 0.15) is 11.9 Å². The molecule has 3 N–H and O–H groups in total. The summed E-state index contributed by atoms with van der Waals surface area (Å²) in [7, 11) is 0. The van der Waals surface area contributed by atoms with E-state index in [9.17, 15) is 9.90 Å². The molecule has 0 fully saturated rings. The number of carboxylic acids is 1. The number of nitrogens with two attached hydrogens (primary N) is 1. The van der Waals surface area contributed by atoms with E-state index in [0.717, 1.165) is 42.7 Å². The quantitative estimate of drug-likeness (QED) is 0.562. The molecule has 1 aromatic heterocycles. The summed E-state index contributed by atoms with van der Waals surface area (Å²) in [6, 6.07) is 7.19. The van der Waals surface area contributed by atoms with Gasteiger partial charge in [-0.1, -0.05) is 50.7 Å². The summed E-state index contributed by atoms with van der Waals surface area (Å²) < 4.78 is 1.88. The van der Waals surface area contributed by atoms with Gasteiger partial charge in [0.05, 0.1) is 11.0 Å². The van der Waals surface area contributed by atoms with E-state index in [1.807, 2.05) is 28.8 Å². The molecule has 0 amide bonds. The van der Waals surface area contributed by atoms with Crippen LogP contribution in [0.3, 0.4) is 0 Å². The molecule has 1 atom stereocenters. The predicted molar refractivity (Wildman–Crippen MR) is 102 cm³/mol. The Hall–Kier alpha value is -1.88. The van der Waals surface area contributed by atoms with Gasteiger partial charge in [-0.3, -0.25) is 0 Å². The van der Waals surface area contributed by atoms with Crippen LogP contribution in [0.25, 0.3) is 11.0 Å². The minimum atomic E-state index is -0.818. The van der Waals surface area contributed by atoms with Crippen molar-refractivity contribution in [1.29, 1.82) is 0 Å². The normalized spacial score (nSPS) is 12.6. The number of aliphatic carboxylic acids is 1. The van der Waals surface area contributed by atoms with Gasteiger partial charge < -0.3 is 15.4 Å². The zero-order valence-corrected chi connectivity index (χ0v) is 15.3. The van der Waals surface area contributed by atoms with Crippen LogP contribution in [0.15, 0.2) is 24.3 Å². The van der Waals surface area contributed by atoms with Crippen LogP contribution in [0, 0.1) is 0 Å². The van der Waals surface area contributed by atoms with Crippen molar-refractivity contribution in [2.45, 2.75) is 70.8 Å². The number of aryl methyl sites for hydroxylation is 1. The molecule has 5 heteroatoms. The van der Waals surface area contributed by atoms with Crippen molar-refractivity contribution in [3.63, 3.8) is 0 Å². The average molecular weight is 345 g/mol. The molecule has 2 rings (SSSR count). The Balaban J connectivity index is 1.86. The SMILES string of the molecule is CC(C(=O)O)n1c(CCCCCCCCCCN)nc2ccccc21. The third kappa shape index (κ3) is 5.56. The second kappa shape index (κ2) is 10.2. The number of para-hydroxylation sites is 2. The molecule has 1 unspecified atom stereocenters. The van der Waals surface area contributed by atoms with E-state index >= 15 is 0 Å². The van der Waals surface area contributed by atoms with Gasteiger partial charge in [0.2, 0.25) is 0 Å². The molecule has 2 aromatic rings. The zero-order valence-electron chi connectivity index (χ0n) is 15.3. The molecule has 1 aromatic carbocycles. The maximum Gasteiger partial charge on any atom is 0.326 e. The second-order valence-electron chi connectivity index (χ2n) is 6.77. The number of rotatable bonds is 12. The first kappa shape index (κ1) is 19.4. The Morgan fingerprint density at radius 3 is 2.32 bits per heavy atom. The number of aromatic nitrogens is 2. The van der Waals surface area contributed by atoms with Crippen molar-refractivity contribution >= 4 is 17.0 Å². The highest BCUT2D eigenvalue weighted by molar-refractivity contribution is 5.80. The first-order valence-electron chi connectivity index (χ1n) is 9.54. The summed E-state index contributed by atoms with van der Waals surface area (Å²) >= 11 is 0. The van der Waals surface area contributed by atoms with Crippen molar-refractivity contribution < 1.29 is 9.90 Å². The van der Waals surface area contributed by atoms with Crippen LogP contribution in [0.4, 0.5) is 0 Å². The van der Waals surface area contributed by atoms with E-state index < -0.39 is 12.0 Å². The fourth-order valence-corrected chi connectivity index (χ4v) is 3.30. The lowest BCUT2D eigenvalue weighted by atomic mass is 10.1. The van der Waals surface area contributed by atoms with E-state index in [1.54, 1.807) is 6.92 Å². The predicted octanol–water partition coefficient (Wildman–Crippen LogP) is 4.30. The third-order valence-electron chi connectivity index (χ3n) is 4.77. The summed E-state index contributed by atoms with van der Waals surface area (Å²) in [6.45, 7) is 2.52. The molecule has 0 radical (unpaired) electrons. The topological polar surface area (TPSA) is 81.1 Å². The summed E-state index contributed by atoms with van der Waals surface area (Å²) in [6.07, 6.45) is 10.5. The van der Waals surface area contributed by atoms with Gasteiger partial charge in [-0.05, 0) is 38.4 Å². The van der Waals surface area contributed by atoms with Crippen molar-refractivity contribution in [3.05, 3.63) is 30.1 Å². The number of imidazole rings is 1. The lowest BCUT2D eigenvalue weighted by Crippen LogP contribution is -2.18. The van der Waals surface area contributed by atoms with Gasteiger partial charge in [0.25, 0.3) is 0 Å². The minimum absolute atomic E-state index is 0.593. The monoisotopic (exact) mass is 345 g/mol. The number of fused-ring (bicyclic) bond motifs is 1. The van der Waals surface area contributed by atoms with Crippen molar-refractivity contribution in [1.82, 2.24) is 9.55 Å². The van der Waals surface area contributed by atoms with Gasteiger partial charge >= 0.3 is 5.97 Å². The maximum absolute atomic E-state index is 11.5.